The molecule has 118 valence electrons. The van der Waals surface area contributed by atoms with Gasteiger partial charge in [0.1, 0.15) is 11.6 Å². The van der Waals surface area contributed by atoms with E-state index in [1.807, 2.05) is 6.92 Å². The van der Waals surface area contributed by atoms with E-state index in [1.165, 1.54) is 34.9 Å². The van der Waals surface area contributed by atoms with Gasteiger partial charge in [-0.05, 0) is 48.8 Å². The average Bonchev–Trinajstić information content (AvgIpc) is 3.01. The highest BCUT2D eigenvalue weighted by atomic mass is 127. The van der Waals surface area contributed by atoms with Gasteiger partial charge in [-0.3, -0.25) is 0 Å². The van der Waals surface area contributed by atoms with Crippen molar-refractivity contribution in [2.24, 2.45) is 0 Å². The molecule has 0 saturated heterocycles. The summed E-state index contributed by atoms with van der Waals surface area (Å²) >= 11 is 2.41. The van der Waals surface area contributed by atoms with Crippen molar-refractivity contribution in [2.45, 2.75) is 58.3 Å². The van der Waals surface area contributed by atoms with E-state index in [2.05, 4.69) is 34.8 Å². The average molecular weight is 403 g/mol. The third-order valence-corrected chi connectivity index (χ3v) is 4.95. The molecule has 2 rings (SSSR count). The second kappa shape index (κ2) is 8.88. The van der Waals surface area contributed by atoms with Gasteiger partial charge >= 0.3 is 0 Å². The number of hydrogen-bond acceptors (Lipinski definition) is 4. The Labute approximate surface area is 141 Å². The van der Waals surface area contributed by atoms with Gasteiger partial charge in [-0.1, -0.05) is 19.8 Å². The Morgan fingerprint density at radius 2 is 2.00 bits per heavy atom. The van der Waals surface area contributed by atoms with Crippen molar-refractivity contribution >= 4 is 28.4 Å². The largest absolute Gasteiger partial charge is 0.381 e. The van der Waals surface area contributed by atoms with Crippen molar-refractivity contribution < 1.29 is 4.74 Å². The summed E-state index contributed by atoms with van der Waals surface area (Å²) in [5.74, 6) is 2.55. The molecule has 1 aromatic heterocycles. The van der Waals surface area contributed by atoms with Crippen molar-refractivity contribution in [3.63, 3.8) is 0 Å². The normalized spacial score (nSPS) is 15.6. The molecule has 1 aliphatic carbocycles. The Hall–Kier alpha value is -0.430. The molecule has 5 heteroatoms. The van der Waals surface area contributed by atoms with Crippen molar-refractivity contribution in [3.05, 3.63) is 15.1 Å². The number of halogens is 1. The summed E-state index contributed by atoms with van der Waals surface area (Å²) in [4.78, 5) is 9.56. The molecule has 21 heavy (non-hydrogen) atoms. The summed E-state index contributed by atoms with van der Waals surface area (Å²) in [5.41, 5.74) is 1.26. The molecule has 1 fully saturated rings. The van der Waals surface area contributed by atoms with Gasteiger partial charge in [-0.25, -0.2) is 9.97 Å². The number of rotatable bonds is 8. The first-order valence-electron chi connectivity index (χ1n) is 8.14. The van der Waals surface area contributed by atoms with Crippen LogP contribution >= 0.6 is 22.6 Å². The maximum absolute atomic E-state index is 5.45. The van der Waals surface area contributed by atoms with Crippen LogP contribution in [0.1, 0.15) is 63.4 Å². The standard InChI is InChI=1S/C16H26IN3O/c1-3-10-18-16-14(17)15(12-7-5-6-8-12)19-13(20-16)9-11-21-4-2/h12H,3-11H2,1-2H3,(H,18,19,20). The molecule has 0 amide bonds. The van der Waals surface area contributed by atoms with Crippen molar-refractivity contribution in [1.29, 1.82) is 0 Å². The predicted octanol–water partition coefficient (Wildman–Crippen LogP) is 4.14. The fourth-order valence-electron chi connectivity index (χ4n) is 2.76. The van der Waals surface area contributed by atoms with Gasteiger partial charge in [0.05, 0.1) is 15.9 Å². The van der Waals surface area contributed by atoms with E-state index in [1.54, 1.807) is 0 Å². The van der Waals surface area contributed by atoms with Crippen LogP contribution in [0.5, 0.6) is 0 Å². The number of ether oxygens (including phenoxy) is 1. The van der Waals surface area contributed by atoms with Crippen LogP contribution < -0.4 is 5.32 Å². The zero-order valence-electron chi connectivity index (χ0n) is 13.1. The summed E-state index contributed by atoms with van der Waals surface area (Å²) in [6.45, 7) is 6.61. The summed E-state index contributed by atoms with van der Waals surface area (Å²) in [7, 11) is 0. The topological polar surface area (TPSA) is 47.0 Å². The van der Waals surface area contributed by atoms with Crippen molar-refractivity contribution in [2.75, 3.05) is 25.1 Å². The number of hydrogen-bond donors (Lipinski definition) is 1. The second-order valence-corrected chi connectivity index (χ2v) is 6.62. The van der Waals surface area contributed by atoms with E-state index in [4.69, 9.17) is 14.7 Å². The summed E-state index contributed by atoms with van der Waals surface area (Å²) in [5, 5.41) is 3.46. The molecule has 0 unspecified atom stereocenters. The van der Waals surface area contributed by atoms with Gasteiger partial charge in [-0.15, -0.1) is 0 Å². The van der Waals surface area contributed by atoms with Gasteiger partial charge in [0, 0.05) is 25.5 Å². The maximum Gasteiger partial charge on any atom is 0.143 e. The molecule has 0 aliphatic heterocycles. The highest BCUT2D eigenvalue weighted by Gasteiger charge is 2.23. The lowest BCUT2D eigenvalue weighted by molar-refractivity contribution is 0.149. The minimum absolute atomic E-state index is 0.618. The molecule has 0 bridgehead atoms. The molecule has 0 spiro atoms. The lowest BCUT2D eigenvalue weighted by atomic mass is 10.0. The van der Waals surface area contributed by atoms with Crippen LogP contribution in [0, 0.1) is 3.57 Å². The number of aromatic nitrogens is 2. The fraction of sp³-hybridized carbons (Fsp3) is 0.750. The molecule has 1 aliphatic rings. The molecular formula is C16H26IN3O. The molecule has 0 atom stereocenters. The van der Waals surface area contributed by atoms with Crippen LogP contribution in [0.2, 0.25) is 0 Å². The molecular weight excluding hydrogens is 377 g/mol. The van der Waals surface area contributed by atoms with Crippen LogP contribution in [0.3, 0.4) is 0 Å². The SMILES string of the molecule is CCCNc1nc(CCOCC)nc(C2CCCC2)c1I. The highest BCUT2D eigenvalue weighted by molar-refractivity contribution is 14.1. The van der Waals surface area contributed by atoms with Crippen LogP contribution in [-0.2, 0) is 11.2 Å². The van der Waals surface area contributed by atoms with Gasteiger partial charge in [0.2, 0.25) is 0 Å². The molecule has 1 aromatic rings. The molecule has 1 heterocycles. The van der Waals surface area contributed by atoms with E-state index in [0.717, 1.165) is 37.6 Å². The Balaban J connectivity index is 2.21. The molecule has 0 aromatic carbocycles. The Morgan fingerprint density at radius 3 is 2.67 bits per heavy atom. The monoisotopic (exact) mass is 403 g/mol. The van der Waals surface area contributed by atoms with Crippen LogP contribution in [0.15, 0.2) is 0 Å². The van der Waals surface area contributed by atoms with Crippen LogP contribution in [0.4, 0.5) is 5.82 Å². The van der Waals surface area contributed by atoms with Gasteiger partial charge in [-0.2, -0.15) is 0 Å². The first-order chi connectivity index (χ1) is 10.3. The first kappa shape index (κ1) is 16.9. The van der Waals surface area contributed by atoms with Crippen LogP contribution in [-0.4, -0.2) is 29.7 Å². The van der Waals surface area contributed by atoms with Crippen molar-refractivity contribution in [1.82, 2.24) is 9.97 Å². The van der Waals surface area contributed by atoms with Crippen LogP contribution in [0.25, 0.3) is 0 Å². The molecule has 1 N–H and O–H groups in total. The first-order valence-corrected chi connectivity index (χ1v) is 9.22. The van der Waals surface area contributed by atoms with E-state index in [-0.39, 0.29) is 0 Å². The summed E-state index contributed by atoms with van der Waals surface area (Å²) in [6, 6.07) is 0. The van der Waals surface area contributed by atoms with Crippen molar-refractivity contribution in [3.8, 4) is 0 Å². The van der Waals surface area contributed by atoms with E-state index < -0.39 is 0 Å². The zero-order chi connectivity index (χ0) is 15.1. The molecule has 0 radical (unpaired) electrons. The smallest absolute Gasteiger partial charge is 0.143 e. The third-order valence-electron chi connectivity index (χ3n) is 3.88. The maximum atomic E-state index is 5.45. The molecule has 1 saturated carbocycles. The Morgan fingerprint density at radius 1 is 1.24 bits per heavy atom. The second-order valence-electron chi connectivity index (χ2n) is 5.54. The number of nitrogens with zero attached hydrogens (tertiary/aromatic N) is 2. The quantitative estimate of drug-likeness (QED) is 0.524. The Bertz CT molecular complexity index is 447. The van der Waals surface area contributed by atoms with Gasteiger partial charge in [0.15, 0.2) is 0 Å². The zero-order valence-corrected chi connectivity index (χ0v) is 15.3. The minimum atomic E-state index is 0.618. The highest BCUT2D eigenvalue weighted by Crippen LogP contribution is 2.36. The number of anilines is 1. The van der Waals surface area contributed by atoms with Gasteiger partial charge in [0.25, 0.3) is 0 Å². The van der Waals surface area contributed by atoms with E-state index in [9.17, 15) is 0 Å². The summed E-state index contributed by atoms with van der Waals surface area (Å²) in [6.07, 6.45) is 7.10. The third kappa shape index (κ3) is 4.77. The molecule has 4 nitrogen and oxygen atoms in total. The minimum Gasteiger partial charge on any atom is -0.381 e. The lowest BCUT2D eigenvalue weighted by Crippen LogP contribution is -2.13. The Kier molecular flexibility index (Phi) is 7.16. The van der Waals surface area contributed by atoms with E-state index in [0.29, 0.717) is 12.5 Å². The van der Waals surface area contributed by atoms with Gasteiger partial charge < -0.3 is 10.1 Å². The van der Waals surface area contributed by atoms with E-state index >= 15 is 0 Å². The number of nitrogens with one attached hydrogen (secondary N) is 1. The predicted molar refractivity (Wildman–Crippen MR) is 94.9 cm³/mol. The fourth-order valence-corrected chi connectivity index (χ4v) is 3.63. The summed E-state index contributed by atoms with van der Waals surface area (Å²) < 4.78 is 6.67. The lowest BCUT2D eigenvalue weighted by Gasteiger charge is -2.16.